The topological polar surface area (TPSA) is 29.5 Å². The van der Waals surface area contributed by atoms with Crippen molar-refractivity contribution in [3.63, 3.8) is 0 Å². The van der Waals surface area contributed by atoms with E-state index in [-0.39, 0.29) is 0 Å². The molecule has 1 aliphatic carbocycles. The maximum absolute atomic E-state index is 9.73. The fourth-order valence-corrected chi connectivity index (χ4v) is 2.66. The molecule has 2 rings (SSSR count). The summed E-state index contributed by atoms with van der Waals surface area (Å²) in [5.74, 6) is 0.821. The van der Waals surface area contributed by atoms with Gasteiger partial charge in [-0.3, -0.25) is 0 Å². The van der Waals surface area contributed by atoms with Gasteiger partial charge in [0.2, 0.25) is 0 Å². The van der Waals surface area contributed by atoms with Crippen LogP contribution in [0.4, 0.5) is 0 Å². The van der Waals surface area contributed by atoms with Crippen molar-refractivity contribution in [2.45, 2.75) is 51.2 Å². The number of aliphatic hydroxyl groups excluding tert-OH is 1. The monoisotopic (exact) mass is 298 g/mol. The lowest BCUT2D eigenvalue weighted by molar-refractivity contribution is 0.142. The average Bonchev–Trinajstić information content (AvgIpc) is 2.30. The molecule has 1 saturated carbocycles. The minimum absolute atomic E-state index is 0.315. The van der Waals surface area contributed by atoms with Crippen LogP contribution in [-0.2, 0) is 0 Å². The van der Waals surface area contributed by atoms with Crippen molar-refractivity contribution >= 4 is 15.9 Å². The molecule has 0 spiro atoms. The van der Waals surface area contributed by atoms with Crippen molar-refractivity contribution < 1.29 is 9.84 Å². The Morgan fingerprint density at radius 1 is 1.29 bits per heavy atom. The third kappa shape index (κ3) is 3.46. The molecule has 0 radical (unpaired) electrons. The molecule has 1 aromatic rings. The van der Waals surface area contributed by atoms with E-state index in [1.54, 1.807) is 6.92 Å². The predicted molar refractivity (Wildman–Crippen MR) is 72.3 cm³/mol. The SMILES string of the molecule is C[C@H](O)c1ccc(Br)cc1OC1CCCCC1. The summed E-state index contributed by atoms with van der Waals surface area (Å²) in [5.41, 5.74) is 0.874. The van der Waals surface area contributed by atoms with Crippen molar-refractivity contribution in [3.8, 4) is 5.75 Å². The van der Waals surface area contributed by atoms with E-state index in [1.165, 1.54) is 19.3 Å². The van der Waals surface area contributed by atoms with Crippen LogP contribution in [0, 0.1) is 0 Å². The Kier molecular flexibility index (Phi) is 4.46. The second-order valence-corrected chi connectivity index (χ2v) is 5.65. The van der Waals surface area contributed by atoms with Crippen LogP contribution in [0.2, 0.25) is 0 Å². The van der Waals surface area contributed by atoms with Crippen LogP contribution in [0.5, 0.6) is 5.75 Å². The van der Waals surface area contributed by atoms with Gasteiger partial charge in [-0.05, 0) is 44.7 Å². The number of halogens is 1. The summed E-state index contributed by atoms with van der Waals surface area (Å²) in [6, 6.07) is 5.82. The maximum Gasteiger partial charge on any atom is 0.126 e. The Hall–Kier alpha value is -0.540. The van der Waals surface area contributed by atoms with Crippen LogP contribution < -0.4 is 4.74 Å². The summed E-state index contributed by atoms with van der Waals surface area (Å²) < 4.78 is 7.03. The van der Waals surface area contributed by atoms with E-state index in [2.05, 4.69) is 15.9 Å². The number of aliphatic hydroxyl groups is 1. The fourth-order valence-electron chi connectivity index (χ4n) is 2.32. The molecule has 1 aromatic carbocycles. The normalized spacial score (nSPS) is 19.0. The lowest BCUT2D eigenvalue weighted by atomic mass is 9.97. The first-order chi connectivity index (χ1) is 8.16. The summed E-state index contributed by atoms with van der Waals surface area (Å²) in [4.78, 5) is 0. The molecule has 0 unspecified atom stereocenters. The molecule has 0 amide bonds. The van der Waals surface area contributed by atoms with E-state index in [9.17, 15) is 5.11 Å². The molecule has 0 bridgehead atoms. The third-order valence-electron chi connectivity index (χ3n) is 3.27. The molecule has 1 fully saturated rings. The van der Waals surface area contributed by atoms with Crippen molar-refractivity contribution in [3.05, 3.63) is 28.2 Å². The first-order valence-corrected chi connectivity index (χ1v) is 7.10. The van der Waals surface area contributed by atoms with E-state index in [0.717, 1.165) is 28.6 Å². The summed E-state index contributed by atoms with van der Waals surface area (Å²) in [5, 5.41) is 9.73. The highest BCUT2D eigenvalue weighted by Gasteiger charge is 2.18. The third-order valence-corrected chi connectivity index (χ3v) is 3.76. The summed E-state index contributed by atoms with van der Waals surface area (Å²) in [6.45, 7) is 1.77. The molecule has 3 heteroatoms. The zero-order valence-electron chi connectivity index (χ0n) is 10.2. The van der Waals surface area contributed by atoms with Gasteiger partial charge in [0.1, 0.15) is 5.75 Å². The van der Waals surface area contributed by atoms with E-state index < -0.39 is 6.10 Å². The van der Waals surface area contributed by atoms with Gasteiger partial charge in [0, 0.05) is 10.0 Å². The molecule has 1 N–H and O–H groups in total. The van der Waals surface area contributed by atoms with Crippen molar-refractivity contribution in [1.82, 2.24) is 0 Å². The zero-order chi connectivity index (χ0) is 12.3. The van der Waals surface area contributed by atoms with Crippen LogP contribution in [0.1, 0.15) is 50.7 Å². The Bertz CT molecular complexity index is 370. The van der Waals surface area contributed by atoms with Crippen molar-refractivity contribution in [2.24, 2.45) is 0 Å². The Balaban J connectivity index is 2.14. The minimum atomic E-state index is -0.485. The second-order valence-electron chi connectivity index (χ2n) is 4.74. The average molecular weight is 299 g/mol. The van der Waals surface area contributed by atoms with Crippen LogP contribution in [0.3, 0.4) is 0 Å². The molecule has 0 saturated heterocycles. The van der Waals surface area contributed by atoms with E-state index in [0.29, 0.717) is 6.10 Å². The van der Waals surface area contributed by atoms with Crippen LogP contribution in [0.15, 0.2) is 22.7 Å². The van der Waals surface area contributed by atoms with Crippen LogP contribution >= 0.6 is 15.9 Å². The van der Waals surface area contributed by atoms with E-state index >= 15 is 0 Å². The number of benzene rings is 1. The predicted octanol–water partition coefficient (Wildman–Crippen LogP) is 4.21. The Labute approximate surface area is 111 Å². The molecule has 1 aliphatic rings. The Morgan fingerprint density at radius 3 is 2.65 bits per heavy atom. The Morgan fingerprint density at radius 2 is 2.00 bits per heavy atom. The zero-order valence-corrected chi connectivity index (χ0v) is 11.7. The van der Waals surface area contributed by atoms with Crippen LogP contribution in [-0.4, -0.2) is 11.2 Å². The second kappa shape index (κ2) is 5.87. The lowest BCUT2D eigenvalue weighted by Gasteiger charge is -2.25. The van der Waals surface area contributed by atoms with Gasteiger partial charge in [-0.25, -0.2) is 0 Å². The molecule has 0 aliphatic heterocycles. The van der Waals surface area contributed by atoms with Gasteiger partial charge in [0.15, 0.2) is 0 Å². The molecule has 1 atom stereocenters. The molecular formula is C14H19BrO2. The fraction of sp³-hybridized carbons (Fsp3) is 0.571. The number of rotatable bonds is 3. The van der Waals surface area contributed by atoms with Crippen molar-refractivity contribution in [1.29, 1.82) is 0 Å². The number of hydrogen-bond acceptors (Lipinski definition) is 2. The quantitative estimate of drug-likeness (QED) is 0.905. The first-order valence-electron chi connectivity index (χ1n) is 6.31. The largest absolute Gasteiger partial charge is 0.490 e. The minimum Gasteiger partial charge on any atom is -0.490 e. The summed E-state index contributed by atoms with van der Waals surface area (Å²) in [6.07, 6.45) is 5.92. The first kappa shape index (κ1) is 12.9. The number of hydrogen-bond donors (Lipinski definition) is 1. The number of ether oxygens (including phenoxy) is 1. The molecular weight excluding hydrogens is 280 g/mol. The highest BCUT2D eigenvalue weighted by molar-refractivity contribution is 9.10. The molecule has 0 heterocycles. The lowest BCUT2D eigenvalue weighted by Crippen LogP contribution is -2.20. The molecule has 17 heavy (non-hydrogen) atoms. The van der Waals surface area contributed by atoms with Crippen LogP contribution in [0.25, 0.3) is 0 Å². The highest BCUT2D eigenvalue weighted by Crippen LogP contribution is 2.31. The molecule has 0 aromatic heterocycles. The van der Waals surface area contributed by atoms with Crippen molar-refractivity contribution in [2.75, 3.05) is 0 Å². The van der Waals surface area contributed by atoms with Gasteiger partial charge in [-0.2, -0.15) is 0 Å². The van der Waals surface area contributed by atoms with Gasteiger partial charge in [-0.1, -0.05) is 28.4 Å². The molecule has 2 nitrogen and oxygen atoms in total. The maximum atomic E-state index is 9.73. The van der Waals surface area contributed by atoms with E-state index in [1.807, 2.05) is 18.2 Å². The molecule has 94 valence electrons. The van der Waals surface area contributed by atoms with Gasteiger partial charge in [-0.15, -0.1) is 0 Å². The summed E-state index contributed by atoms with van der Waals surface area (Å²) >= 11 is 3.45. The smallest absolute Gasteiger partial charge is 0.126 e. The standard InChI is InChI=1S/C14H19BrO2/c1-10(16)13-8-7-11(15)9-14(13)17-12-5-3-2-4-6-12/h7-10,12,16H,2-6H2,1H3/t10-/m0/s1. The van der Waals surface area contributed by atoms with E-state index in [4.69, 9.17) is 4.74 Å². The van der Waals surface area contributed by atoms with Gasteiger partial charge in [0.05, 0.1) is 12.2 Å². The summed E-state index contributed by atoms with van der Waals surface area (Å²) in [7, 11) is 0. The highest BCUT2D eigenvalue weighted by atomic mass is 79.9. The van der Waals surface area contributed by atoms with Gasteiger partial charge < -0.3 is 9.84 Å². The van der Waals surface area contributed by atoms with Gasteiger partial charge in [0.25, 0.3) is 0 Å². The van der Waals surface area contributed by atoms with Gasteiger partial charge >= 0.3 is 0 Å².